The van der Waals surface area contributed by atoms with E-state index in [9.17, 15) is 0 Å². The van der Waals surface area contributed by atoms with Gasteiger partial charge in [-0.3, -0.25) is 0 Å². The first kappa shape index (κ1) is 4.69. The molecule has 0 spiro atoms. The fraction of sp³-hybridized carbons (Fsp3) is 0.667. The number of nitrogens with one attached hydrogen (secondary N) is 1. The normalized spacial score (nSPS) is 17.9. The third-order valence-corrected chi connectivity index (χ3v) is 1.34. The van der Waals surface area contributed by atoms with Crippen LogP contribution in [-0.4, -0.2) is 6.54 Å². The van der Waals surface area contributed by atoms with E-state index in [-0.39, 0.29) is 0 Å². The van der Waals surface area contributed by atoms with Crippen LogP contribution in [-0.2, 0) is 0 Å². The molecule has 0 fully saturated rings. The molecule has 0 radical (unpaired) electrons. The average Bonchev–Trinajstić information content (AvgIpc) is 1.23. The summed E-state index contributed by atoms with van der Waals surface area (Å²) in [5, 5.41) is 3.08. The van der Waals surface area contributed by atoms with E-state index >= 15 is 0 Å². The maximum Gasteiger partial charge on any atom is 0.0374 e. The van der Waals surface area contributed by atoms with E-state index in [0.29, 0.717) is 0 Å². The molecular formula is C6H11N. The summed E-state index contributed by atoms with van der Waals surface area (Å²) in [4.78, 5) is 0. The minimum atomic E-state index is 0.751. The van der Waals surface area contributed by atoms with Crippen LogP contribution < -0.4 is 5.32 Å². The molecule has 0 saturated carbocycles. The summed E-state index contributed by atoms with van der Waals surface area (Å²) in [6, 6.07) is 0. The molecule has 1 rings (SSSR count). The highest BCUT2D eigenvalue weighted by molar-refractivity contribution is 5.14. The topological polar surface area (TPSA) is 12.0 Å². The molecule has 1 nitrogen and oxygen atoms in total. The Morgan fingerprint density at radius 1 is 1.71 bits per heavy atom. The zero-order chi connectivity index (χ0) is 5.28. The zero-order valence-electron chi connectivity index (χ0n) is 4.86. The van der Waals surface area contributed by atoms with Gasteiger partial charge in [0.25, 0.3) is 0 Å². The summed E-state index contributed by atoms with van der Waals surface area (Å²) in [5.74, 6) is 0.751. The quantitative estimate of drug-likeness (QED) is 0.517. The lowest BCUT2D eigenvalue weighted by atomic mass is 10.0. The van der Waals surface area contributed by atoms with E-state index in [1.54, 1.807) is 5.57 Å². The molecule has 1 heteroatoms. The minimum absolute atomic E-state index is 0.751. The summed E-state index contributed by atoms with van der Waals surface area (Å²) < 4.78 is 0. The van der Waals surface area contributed by atoms with Gasteiger partial charge in [0.1, 0.15) is 0 Å². The third kappa shape index (κ3) is 0.763. The molecule has 0 atom stereocenters. The van der Waals surface area contributed by atoms with Gasteiger partial charge in [0.2, 0.25) is 0 Å². The van der Waals surface area contributed by atoms with Gasteiger partial charge in [0, 0.05) is 6.54 Å². The molecular weight excluding hydrogens is 86.1 g/mol. The molecule has 1 aliphatic heterocycles. The first-order valence-electron chi connectivity index (χ1n) is 2.73. The predicted molar refractivity (Wildman–Crippen MR) is 30.9 cm³/mol. The molecule has 0 unspecified atom stereocenters. The average molecular weight is 97.2 g/mol. The molecule has 0 saturated heterocycles. The van der Waals surface area contributed by atoms with Gasteiger partial charge < -0.3 is 5.32 Å². The molecule has 0 aromatic heterocycles. The molecule has 0 aromatic carbocycles. The second-order valence-electron chi connectivity index (χ2n) is 2.25. The smallest absolute Gasteiger partial charge is 0.0374 e. The Bertz CT molecular complexity index is 92.4. The van der Waals surface area contributed by atoms with Crippen LogP contribution >= 0.6 is 0 Å². The molecule has 0 aromatic rings. The molecule has 0 bridgehead atoms. The van der Waals surface area contributed by atoms with Crippen LogP contribution in [0.5, 0.6) is 0 Å². The maximum absolute atomic E-state index is 3.08. The van der Waals surface area contributed by atoms with Crippen molar-refractivity contribution in [1.29, 1.82) is 0 Å². The zero-order valence-corrected chi connectivity index (χ0v) is 4.86. The molecule has 0 amide bonds. The van der Waals surface area contributed by atoms with Crippen LogP contribution in [0.4, 0.5) is 0 Å². The van der Waals surface area contributed by atoms with E-state index in [2.05, 4.69) is 25.4 Å². The first-order chi connectivity index (χ1) is 3.30. The number of rotatable bonds is 1. The molecule has 40 valence electrons. The fourth-order valence-electron chi connectivity index (χ4n) is 0.591. The fourth-order valence-corrected chi connectivity index (χ4v) is 0.591. The standard InChI is InChI=1S/C6H11N/c1-5(2)6-3-7-4-6/h3,5,7H,4H2,1-2H3. The van der Waals surface area contributed by atoms with Crippen molar-refractivity contribution >= 4 is 0 Å². The lowest BCUT2D eigenvalue weighted by Gasteiger charge is -2.19. The van der Waals surface area contributed by atoms with E-state index < -0.39 is 0 Å². The highest BCUT2D eigenvalue weighted by Crippen LogP contribution is 2.11. The van der Waals surface area contributed by atoms with Gasteiger partial charge in [0.15, 0.2) is 0 Å². The number of hydrogen-bond acceptors (Lipinski definition) is 1. The van der Waals surface area contributed by atoms with Crippen LogP contribution in [0.25, 0.3) is 0 Å². The summed E-state index contributed by atoms with van der Waals surface area (Å²) in [7, 11) is 0. The highest BCUT2D eigenvalue weighted by Gasteiger charge is 2.06. The molecule has 1 N–H and O–H groups in total. The highest BCUT2D eigenvalue weighted by atomic mass is 14.9. The van der Waals surface area contributed by atoms with Crippen molar-refractivity contribution in [3.05, 3.63) is 11.8 Å². The van der Waals surface area contributed by atoms with E-state index in [0.717, 1.165) is 12.5 Å². The van der Waals surface area contributed by atoms with Gasteiger partial charge in [-0.25, -0.2) is 0 Å². The van der Waals surface area contributed by atoms with Crippen LogP contribution in [0.1, 0.15) is 13.8 Å². The first-order valence-corrected chi connectivity index (χ1v) is 2.73. The van der Waals surface area contributed by atoms with E-state index in [4.69, 9.17) is 0 Å². The van der Waals surface area contributed by atoms with E-state index in [1.165, 1.54) is 0 Å². The lowest BCUT2D eigenvalue weighted by Crippen LogP contribution is -2.24. The van der Waals surface area contributed by atoms with Gasteiger partial charge in [0.05, 0.1) is 0 Å². The Labute approximate surface area is 44.4 Å². The van der Waals surface area contributed by atoms with Crippen molar-refractivity contribution in [2.24, 2.45) is 5.92 Å². The Balaban J connectivity index is 2.40. The van der Waals surface area contributed by atoms with Crippen LogP contribution in [0.15, 0.2) is 11.8 Å². The maximum atomic E-state index is 3.08. The summed E-state index contributed by atoms with van der Waals surface area (Å²) in [6.07, 6.45) is 2.09. The Morgan fingerprint density at radius 3 is 2.29 bits per heavy atom. The predicted octanol–water partition coefficient (Wildman–Crippen LogP) is 1.13. The molecule has 1 aliphatic rings. The molecule has 1 heterocycles. The van der Waals surface area contributed by atoms with Crippen LogP contribution in [0.3, 0.4) is 0 Å². The van der Waals surface area contributed by atoms with Gasteiger partial charge in [-0.05, 0) is 17.7 Å². The van der Waals surface area contributed by atoms with Crippen LogP contribution in [0.2, 0.25) is 0 Å². The summed E-state index contributed by atoms with van der Waals surface area (Å²) in [5.41, 5.74) is 1.54. The SMILES string of the molecule is CC(C)C1=CNC1. The monoisotopic (exact) mass is 97.1 g/mol. The van der Waals surface area contributed by atoms with Gasteiger partial charge in [-0.15, -0.1) is 0 Å². The van der Waals surface area contributed by atoms with Crippen molar-refractivity contribution in [1.82, 2.24) is 5.32 Å². The number of hydrogen-bond donors (Lipinski definition) is 1. The Kier molecular flexibility index (Phi) is 1.05. The van der Waals surface area contributed by atoms with Gasteiger partial charge in [-0.2, -0.15) is 0 Å². The second kappa shape index (κ2) is 1.57. The van der Waals surface area contributed by atoms with Crippen molar-refractivity contribution in [2.75, 3.05) is 6.54 Å². The second-order valence-corrected chi connectivity index (χ2v) is 2.25. The largest absolute Gasteiger partial charge is 0.387 e. The molecule has 0 aliphatic carbocycles. The van der Waals surface area contributed by atoms with Crippen LogP contribution in [0, 0.1) is 5.92 Å². The summed E-state index contributed by atoms with van der Waals surface area (Å²) in [6.45, 7) is 5.54. The van der Waals surface area contributed by atoms with Crippen molar-refractivity contribution < 1.29 is 0 Å². The van der Waals surface area contributed by atoms with Gasteiger partial charge >= 0.3 is 0 Å². The Hall–Kier alpha value is -0.460. The Morgan fingerprint density at radius 2 is 2.29 bits per heavy atom. The van der Waals surface area contributed by atoms with Crippen molar-refractivity contribution in [3.63, 3.8) is 0 Å². The third-order valence-electron chi connectivity index (χ3n) is 1.34. The summed E-state index contributed by atoms with van der Waals surface area (Å²) >= 11 is 0. The van der Waals surface area contributed by atoms with Gasteiger partial charge in [-0.1, -0.05) is 13.8 Å². The van der Waals surface area contributed by atoms with E-state index in [1.807, 2.05) is 0 Å². The van der Waals surface area contributed by atoms with Crippen molar-refractivity contribution in [3.8, 4) is 0 Å². The van der Waals surface area contributed by atoms with Crippen molar-refractivity contribution in [2.45, 2.75) is 13.8 Å². The lowest BCUT2D eigenvalue weighted by molar-refractivity contribution is 0.658. The molecule has 7 heavy (non-hydrogen) atoms. The minimum Gasteiger partial charge on any atom is -0.387 e.